The van der Waals surface area contributed by atoms with Crippen LogP contribution in [0.15, 0.2) is 13.8 Å². The van der Waals surface area contributed by atoms with Crippen molar-refractivity contribution in [2.75, 3.05) is 25.0 Å². The Morgan fingerprint density at radius 2 is 1.09 bits per heavy atom. The maximum atomic E-state index is 12.2. The Balaban J connectivity index is 0.000000310. The Morgan fingerprint density at radius 1 is 0.697 bits per heavy atom. The number of amides is 3. The van der Waals surface area contributed by atoms with E-state index < -0.39 is 11.2 Å². The van der Waals surface area contributed by atoms with E-state index in [0.29, 0.717) is 32.7 Å². The third-order valence-electron chi connectivity index (χ3n) is 11.0. The average Bonchev–Trinajstić information content (AvgIpc) is 4.17. The molecule has 66 heavy (non-hydrogen) atoms. The SMILES string of the molecule is BrCC1CC1.CC(=O)N1CCc2c(c(Br)nn2CC2CC2)C1.CC(C)(C)OC(=O)N1CCc2[nH]nc(Br)c2C1.CC(C)(C)OC(=O)N1CCc2c(c(Br)nn2CC2CC2)C1.O=CO[O-].[Cs+].[Cs+].[H-]. The smallest absolute Gasteiger partial charge is 1.00 e. The molecule has 358 valence electrons. The molecule has 3 aromatic heterocycles. The molecule has 3 aliphatic heterocycles. The van der Waals surface area contributed by atoms with Crippen LogP contribution in [0.25, 0.3) is 0 Å². The Labute approximate surface area is 541 Å². The minimum atomic E-state index is -0.454. The molecule has 0 atom stereocenters. The van der Waals surface area contributed by atoms with Gasteiger partial charge in [-0.2, -0.15) is 15.3 Å². The number of halogens is 4. The Morgan fingerprint density at radius 3 is 1.45 bits per heavy atom. The van der Waals surface area contributed by atoms with Gasteiger partial charge in [0, 0.05) is 98.0 Å². The van der Waals surface area contributed by atoms with Gasteiger partial charge in [-0.25, -0.2) is 9.59 Å². The Kier molecular flexibility index (Phi) is 26.5. The maximum Gasteiger partial charge on any atom is 1.00 e. The molecule has 0 unspecified atom stereocenters. The first-order valence-electron chi connectivity index (χ1n) is 21.9. The van der Waals surface area contributed by atoms with Crippen LogP contribution in [-0.2, 0) is 75.9 Å². The molecule has 3 aliphatic carbocycles. The third kappa shape index (κ3) is 20.2. The van der Waals surface area contributed by atoms with E-state index in [-0.39, 0.29) is 164 Å². The molecule has 17 nitrogen and oxygen atoms in total. The second-order valence-corrected chi connectivity index (χ2v) is 21.8. The van der Waals surface area contributed by atoms with E-state index >= 15 is 0 Å². The van der Waals surface area contributed by atoms with Crippen molar-refractivity contribution in [2.24, 2.45) is 17.8 Å². The van der Waals surface area contributed by atoms with Gasteiger partial charge in [-0.3, -0.25) is 24.1 Å². The number of rotatable bonds is 6. The summed E-state index contributed by atoms with van der Waals surface area (Å²) in [4.78, 5) is 52.1. The fourth-order valence-electron chi connectivity index (χ4n) is 7.06. The molecule has 0 aromatic carbocycles. The van der Waals surface area contributed by atoms with Gasteiger partial charge in [0.1, 0.15) is 25.0 Å². The van der Waals surface area contributed by atoms with Crippen molar-refractivity contribution in [1.29, 1.82) is 0 Å². The van der Waals surface area contributed by atoms with E-state index in [0.717, 1.165) is 87.3 Å². The third-order valence-corrected chi connectivity index (χ3v) is 13.9. The predicted octanol–water partition coefficient (Wildman–Crippen LogP) is 2.12. The van der Waals surface area contributed by atoms with Gasteiger partial charge in [-0.15, -0.1) is 0 Å². The molecule has 3 saturated carbocycles. The van der Waals surface area contributed by atoms with Crippen molar-refractivity contribution in [1.82, 2.24) is 44.5 Å². The number of ether oxygens (including phenoxy) is 2. The van der Waals surface area contributed by atoms with Crippen molar-refractivity contribution < 1.29 is 178 Å². The van der Waals surface area contributed by atoms with Gasteiger partial charge in [0.05, 0.1) is 19.6 Å². The molecule has 23 heteroatoms. The molecular formula is C43H63Br4Cs2N9O8. The summed E-state index contributed by atoms with van der Waals surface area (Å²) in [6, 6.07) is 0. The van der Waals surface area contributed by atoms with E-state index in [9.17, 15) is 14.4 Å². The van der Waals surface area contributed by atoms with E-state index in [2.05, 4.69) is 98.4 Å². The van der Waals surface area contributed by atoms with E-state index in [1.807, 2.05) is 46.4 Å². The molecule has 0 saturated heterocycles. The summed E-state index contributed by atoms with van der Waals surface area (Å²) >= 11 is 13.8. The number of nitrogens with zero attached hydrogens (tertiary/aromatic N) is 8. The van der Waals surface area contributed by atoms with Gasteiger partial charge in [-0.1, -0.05) is 15.9 Å². The molecule has 0 bridgehead atoms. The zero-order valence-electron chi connectivity index (χ0n) is 40.9. The minimum Gasteiger partial charge on any atom is -1.00 e. The van der Waals surface area contributed by atoms with Gasteiger partial charge in [0.2, 0.25) is 5.91 Å². The van der Waals surface area contributed by atoms with Crippen LogP contribution in [0.2, 0.25) is 0 Å². The van der Waals surface area contributed by atoms with Crippen molar-refractivity contribution in [3.63, 3.8) is 0 Å². The van der Waals surface area contributed by atoms with Gasteiger partial charge >= 0.3 is 150 Å². The molecule has 3 aromatic rings. The summed E-state index contributed by atoms with van der Waals surface area (Å²) < 4.78 is 17.6. The minimum absolute atomic E-state index is 0. The normalized spacial score (nSPS) is 17.0. The topological polar surface area (TPSA) is 193 Å². The van der Waals surface area contributed by atoms with Crippen molar-refractivity contribution >= 4 is 88.3 Å². The first-order chi connectivity index (χ1) is 30.2. The van der Waals surface area contributed by atoms with Crippen LogP contribution < -0.4 is 143 Å². The second kappa shape index (κ2) is 28.5. The Hall–Kier alpha value is 1.09. The van der Waals surface area contributed by atoms with Gasteiger partial charge in [0.15, 0.2) is 0 Å². The fourth-order valence-corrected chi connectivity index (χ4v) is 9.25. The second-order valence-electron chi connectivity index (χ2n) is 18.9. The standard InChI is InChI=1S/C15H22BrN3O2.C12H16BrN3O.C11H16BrN3O2.C4H7Br.CH2O3.2Cs.H/c1-15(2,3)21-14(20)18-7-6-12-11(9-18)13(16)17-19(12)8-10-4-5-10;1-8(17)15-5-4-11-10(7-15)12(13)14-16(11)6-9-2-3-9;1-11(2,3)17-10(16)15-5-4-8-7(6-15)9(12)14-13-8;5-3-4-1-2-4;2-1-4-3;;;/h10H,4-9H2,1-3H3;9H,2-7H2,1H3;4-6H2,1-3H3,(H,13,14);4H,1-3H2;1,3H;;;/q;;;;;2*+1;-1/p-1. The Bertz CT molecular complexity index is 2090. The molecule has 6 aliphatic rings. The summed E-state index contributed by atoms with van der Waals surface area (Å²) in [6.07, 6.45) is 10.3. The van der Waals surface area contributed by atoms with E-state index in [1.165, 1.54) is 60.8 Å². The molecule has 3 fully saturated rings. The van der Waals surface area contributed by atoms with Crippen LogP contribution in [0.5, 0.6) is 0 Å². The number of fused-ring (bicyclic) bond motifs is 3. The number of carbonyl (C=O) groups is 4. The zero-order chi connectivity index (χ0) is 46.9. The maximum absolute atomic E-state index is 12.2. The largest absolute Gasteiger partial charge is 1.00 e. The molecule has 0 radical (unpaired) electrons. The molecule has 3 amide bonds. The number of alkyl halides is 1. The predicted molar refractivity (Wildman–Crippen MR) is 252 cm³/mol. The van der Waals surface area contributed by atoms with Crippen LogP contribution >= 0.6 is 63.7 Å². The van der Waals surface area contributed by atoms with Crippen molar-refractivity contribution in [2.45, 2.75) is 150 Å². The first kappa shape index (κ1) is 61.4. The van der Waals surface area contributed by atoms with Crippen LogP contribution in [0.1, 0.15) is 122 Å². The summed E-state index contributed by atoms with van der Waals surface area (Å²) in [7, 11) is 0. The summed E-state index contributed by atoms with van der Waals surface area (Å²) in [5.74, 6) is 2.83. The van der Waals surface area contributed by atoms with Crippen LogP contribution in [-0.4, -0.2) is 105 Å². The molecule has 1 N–H and O–H groups in total. The molecule has 0 spiro atoms. The van der Waals surface area contributed by atoms with E-state index in [1.54, 1.807) is 16.7 Å². The van der Waals surface area contributed by atoms with Crippen LogP contribution in [0.4, 0.5) is 9.59 Å². The number of hydrogen-bond acceptors (Lipinski definition) is 11. The fraction of sp³-hybridized carbons (Fsp3) is 0.698. The van der Waals surface area contributed by atoms with E-state index in [4.69, 9.17) is 19.5 Å². The summed E-state index contributed by atoms with van der Waals surface area (Å²) in [5.41, 5.74) is 6.16. The molecule has 6 heterocycles. The first-order valence-corrected chi connectivity index (χ1v) is 25.4. The number of H-pyrrole nitrogens is 1. The number of aromatic nitrogens is 6. The molecule has 9 rings (SSSR count). The number of hydrogen-bond donors (Lipinski definition) is 1. The number of nitrogens with one attached hydrogen (secondary N) is 1. The van der Waals surface area contributed by atoms with Crippen LogP contribution in [0, 0.1) is 17.8 Å². The number of carbonyl (C=O) groups excluding carboxylic acids is 4. The van der Waals surface area contributed by atoms with Gasteiger partial charge in [-0.05, 0) is 146 Å². The summed E-state index contributed by atoms with van der Waals surface area (Å²) in [6.45, 7) is 18.8. The zero-order valence-corrected chi connectivity index (χ0v) is 58.8. The van der Waals surface area contributed by atoms with Gasteiger partial charge in [0.25, 0.3) is 6.47 Å². The average molecular weight is 1420 g/mol. The monoisotopic (exact) mass is 1410 g/mol. The van der Waals surface area contributed by atoms with Crippen molar-refractivity contribution in [3.05, 3.63) is 47.6 Å². The summed E-state index contributed by atoms with van der Waals surface area (Å²) in [5, 5.41) is 25.9. The van der Waals surface area contributed by atoms with Crippen molar-refractivity contribution in [3.8, 4) is 0 Å². The van der Waals surface area contributed by atoms with Crippen LogP contribution in [0.3, 0.4) is 0 Å². The quantitative estimate of drug-likeness (QED) is 0.165. The van der Waals surface area contributed by atoms with Gasteiger partial charge < -0.3 is 35.7 Å². The molecular weight excluding hydrogens is 1360 g/mol. The number of aromatic amines is 1.